The Hall–Kier alpha value is -0.800. The van der Waals surface area contributed by atoms with Crippen molar-refractivity contribution in [2.45, 2.75) is 13.8 Å². The van der Waals surface area contributed by atoms with Crippen molar-refractivity contribution in [3.05, 3.63) is 24.3 Å². The molecular formula is C13H18N3NaO4S. The zero-order valence-corrected chi connectivity index (χ0v) is 15.7. The van der Waals surface area contributed by atoms with Gasteiger partial charge in [-0.25, -0.2) is 8.42 Å². The largest absolute Gasteiger partial charge is 1.00 e. The molecule has 2 rings (SSSR count). The Morgan fingerprint density at radius 3 is 2.64 bits per heavy atom. The minimum absolute atomic E-state index is 0. The van der Waals surface area contributed by atoms with Gasteiger partial charge in [0.1, 0.15) is 0 Å². The third-order valence-corrected chi connectivity index (χ3v) is 3.95. The normalized spacial score (nSPS) is 16.9. The molecule has 7 nitrogen and oxygen atoms in total. The first-order valence-corrected chi connectivity index (χ1v) is 8.11. The van der Waals surface area contributed by atoms with Gasteiger partial charge in [0.2, 0.25) is 5.91 Å². The summed E-state index contributed by atoms with van der Waals surface area (Å²) in [6.07, 6.45) is 0. The van der Waals surface area contributed by atoms with E-state index >= 15 is 0 Å². The van der Waals surface area contributed by atoms with Crippen LogP contribution in [0.3, 0.4) is 0 Å². The van der Waals surface area contributed by atoms with Crippen LogP contribution in [0.5, 0.6) is 0 Å². The summed E-state index contributed by atoms with van der Waals surface area (Å²) in [6.45, 7) is 4.32. The van der Waals surface area contributed by atoms with Gasteiger partial charge in [-0.05, 0) is 32.0 Å². The van der Waals surface area contributed by atoms with Crippen LogP contribution in [0.2, 0.25) is 0 Å². The maximum atomic E-state index is 11.8. The van der Waals surface area contributed by atoms with Crippen molar-refractivity contribution in [2.24, 2.45) is 5.41 Å². The number of nitrogens with one attached hydrogen (secondary N) is 2. The van der Waals surface area contributed by atoms with E-state index in [2.05, 4.69) is 10.7 Å². The number of benzene rings is 1. The van der Waals surface area contributed by atoms with Gasteiger partial charge in [0.25, 0.3) is 0 Å². The summed E-state index contributed by atoms with van der Waals surface area (Å²) in [5.41, 5.74) is 3.82. The van der Waals surface area contributed by atoms with Gasteiger partial charge in [-0.15, -0.1) is 0 Å². The summed E-state index contributed by atoms with van der Waals surface area (Å²) >= 11 is 0. The second-order valence-corrected chi connectivity index (χ2v) is 7.17. The van der Waals surface area contributed by atoms with E-state index in [9.17, 15) is 17.8 Å². The van der Waals surface area contributed by atoms with Crippen LogP contribution in [0.1, 0.15) is 13.8 Å². The molecule has 1 amide bonds. The molecule has 1 aliphatic rings. The zero-order chi connectivity index (χ0) is 15.7. The van der Waals surface area contributed by atoms with E-state index in [-0.39, 0.29) is 42.0 Å². The number of hydrogen-bond donors (Lipinski definition) is 2. The first-order valence-electron chi connectivity index (χ1n) is 6.53. The zero-order valence-electron chi connectivity index (χ0n) is 12.9. The molecule has 0 atom stereocenters. The van der Waals surface area contributed by atoms with Crippen molar-refractivity contribution in [1.29, 1.82) is 0 Å². The fourth-order valence-corrected chi connectivity index (χ4v) is 2.39. The fourth-order valence-electron chi connectivity index (χ4n) is 2.04. The molecule has 1 heterocycles. The van der Waals surface area contributed by atoms with Gasteiger partial charge in [-0.1, -0.05) is 6.07 Å². The Kier molecular flexibility index (Phi) is 6.28. The molecule has 2 N–H and O–H groups in total. The van der Waals surface area contributed by atoms with Crippen molar-refractivity contribution in [3.63, 3.8) is 0 Å². The van der Waals surface area contributed by atoms with E-state index < -0.39 is 21.3 Å². The summed E-state index contributed by atoms with van der Waals surface area (Å²) in [7, 11) is -4.22. The van der Waals surface area contributed by atoms with Crippen LogP contribution in [0.25, 0.3) is 0 Å². The molecule has 0 radical (unpaired) electrons. The first kappa shape index (κ1) is 19.2. The van der Waals surface area contributed by atoms with Crippen molar-refractivity contribution in [3.8, 4) is 0 Å². The predicted molar refractivity (Wildman–Crippen MR) is 78.8 cm³/mol. The van der Waals surface area contributed by atoms with E-state index in [4.69, 9.17) is 0 Å². The number of rotatable bonds is 5. The maximum absolute atomic E-state index is 11.8. The van der Waals surface area contributed by atoms with Gasteiger partial charge < -0.3 is 9.87 Å². The van der Waals surface area contributed by atoms with Gasteiger partial charge in [0.05, 0.1) is 33.5 Å². The molecule has 0 aliphatic carbocycles. The minimum Gasteiger partial charge on any atom is -0.748 e. The molecule has 22 heavy (non-hydrogen) atoms. The Labute approximate surface area is 152 Å². The Bertz CT molecular complexity index is 648. The van der Waals surface area contributed by atoms with E-state index in [0.29, 0.717) is 12.2 Å². The molecule has 0 unspecified atom stereocenters. The summed E-state index contributed by atoms with van der Waals surface area (Å²) < 4.78 is 31.7. The summed E-state index contributed by atoms with van der Waals surface area (Å²) in [6, 6.07) is 7.20. The van der Waals surface area contributed by atoms with Crippen molar-refractivity contribution >= 4 is 27.4 Å². The van der Waals surface area contributed by atoms with Gasteiger partial charge in [-0.3, -0.25) is 15.2 Å². The van der Waals surface area contributed by atoms with Gasteiger partial charge in [0.15, 0.2) is 0 Å². The molecular weight excluding hydrogens is 317 g/mol. The summed E-state index contributed by atoms with van der Waals surface area (Å²) in [5.74, 6) is -0.511. The number of hydrazine groups is 1. The molecule has 1 aliphatic heterocycles. The van der Waals surface area contributed by atoms with Crippen molar-refractivity contribution in [2.75, 3.05) is 29.2 Å². The van der Waals surface area contributed by atoms with E-state index in [1.807, 2.05) is 19.9 Å². The number of anilines is 2. The van der Waals surface area contributed by atoms with Crippen LogP contribution in [-0.4, -0.2) is 37.7 Å². The first-order chi connectivity index (χ1) is 9.67. The van der Waals surface area contributed by atoms with Gasteiger partial charge >= 0.3 is 29.6 Å². The van der Waals surface area contributed by atoms with E-state index in [1.165, 1.54) is 0 Å². The average Bonchev–Trinajstić information content (AvgIpc) is 2.63. The molecule has 0 aromatic heterocycles. The van der Waals surface area contributed by atoms with E-state index in [0.717, 1.165) is 5.69 Å². The molecule has 1 aromatic carbocycles. The van der Waals surface area contributed by atoms with Crippen LogP contribution in [0, 0.1) is 5.41 Å². The molecule has 0 saturated carbocycles. The maximum Gasteiger partial charge on any atom is 1.00 e. The topological polar surface area (TPSA) is 102 Å². The summed E-state index contributed by atoms with van der Waals surface area (Å²) in [4.78, 5) is 11.8. The summed E-state index contributed by atoms with van der Waals surface area (Å²) in [5, 5.41) is 4.63. The van der Waals surface area contributed by atoms with Crippen LogP contribution >= 0.6 is 0 Å². The quantitative estimate of drug-likeness (QED) is 0.457. The van der Waals surface area contributed by atoms with Crippen molar-refractivity contribution < 1.29 is 47.3 Å². The Morgan fingerprint density at radius 2 is 2.09 bits per heavy atom. The molecule has 1 fully saturated rings. The number of carbonyl (C=O) groups is 1. The Balaban J connectivity index is 0.00000242. The van der Waals surface area contributed by atoms with Gasteiger partial charge in [-0.2, -0.15) is 0 Å². The van der Waals surface area contributed by atoms with Crippen LogP contribution in [0.4, 0.5) is 11.4 Å². The minimum atomic E-state index is -4.22. The third-order valence-electron chi connectivity index (χ3n) is 3.24. The van der Waals surface area contributed by atoms with Crippen LogP contribution in [-0.2, 0) is 14.9 Å². The standard InChI is InChI=1S/C13H19N3O4S.Na/c1-13(2)9-16(15-12(13)17)11-5-3-4-10(8-11)14-6-7-21(18,19)20;/h3-5,8,14H,6-7,9H2,1-2H3,(H,15,17)(H,18,19,20);/q;+1/p-1. The average molecular weight is 335 g/mol. The molecule has 9 heteroatoms. The Morgan fingerprint density at radius 1 is 1.41 bits per heavy atom. The number of carbonyl (C=O) groups excluding carboxylic acids is 1. The van der Waals surface area contributed by atoms with Crippen LogP contribution in [0.15, 0.2) is 24.3 Å². The number of amides is 1. The van der Waals surface area contributed by atoms with Crippen molar-refractivity contribution in [1.82, 2.24) is 5.43 Å². The molecule has 0 bridgehead atoms. The van der Waals surface area contributed by atoms with Crippen LogP contribution < -0.4 is 45.3 Å². The smallest absolute Gasteiger partial charge is 0.748 e. The molecule has 1 saturated heterocycles. The molecule has 116 valence electrons. The molecule has 1 aromatic rings. The third kappa shape index (κ3) is 5.13. The number of hydrogen-bond acceptors (Lipinski definition) is 6. The number of nitrogens with zero attached hydrogens (tertiary/aromatic N) is 1. The fraction of sp³-hybridized carbons (Fsp3) is 0.462. The molecule has 0 spiro atoms. The monoisotopic (exact) mass is 335 g/mol. The second-order valence-electron chi connectivity index (χ2n) is 5.65. The predicted octanol–water partition coefficient (Wildman–Crippen LogP) is -2.47. The SMILES string of the molecule is CC1(C)CN(c2cccc(NCCS(=O)(=O)[O-])c2)NC1=O.[Na+]. The van der Waals surface area contributed by atoms with E-state index in [1.54, 1.807) is 23.2 Å². The second kappa shape index (κ2) is 7.18. The van der Waals surface area contributed by atoms with Gasteiger partial charge in [0, 0.05) is 12.2 Å².